The van der Waals surface area contributed by atoms with Crippen LogP contribution in [-0.2, 0) is 71.4 Å². The molecule has 0 unspecified atom stereocenters. The van der Waals surface area contributed by atoms with E-state index in [1.165, 1.54) is 20.3 Å². The number of carbonyl (C=O) groups excluding carboxylic acids is 6. The molecule has 10 atom stereocenters. The molecule has 0 bridgehead atoms. The van der Waals surface area contributed by atoms with Gasteiger partial charge in [-0.2, -0.15) is 0 Å². The van der Waals surface area contributed by atoms with E-state index in [9.17, 15) is 28.8 Å². The Hall–Kier alpha value is -3.98. The Morgan fingerprint density at radius 3 is 2.02 bits per heavy atom. The molecule has 3 aliphatic rings. The summed E-state index contributed by atoms with van der Waals surface area (Å²) >= 11 is 0. The fourth-order valence-corrected chi connectivity index (χ4v) is 5.59. The van der Waals surface area contributed by atoms with Gasteiger partial charge in [0.15, 0.2) is 18.3 Å². The molecular weight excluding hydrogens is 576 g/mol. The van der Waals surface area contributed by atoms with Gasteiger partial charge in [-0.15, -0.1) is 0 Å². The monoisotopic (exact) mass is 612 g/mol. The predicted molar refractivity (Wildman–Crippen MR) is 139 cm³/mol. The molecule has 2 aliphatic heterocycles. The van der Waals surface area contributed by atoms with Gasteiger partial charge >= 0.3 is 35.8 Å². The number of fused-ring (bicyclic) bond motifs is 1. The Kier molecular flexibility index (Phi) is 11.3. The SMILES string of the molecule is C=CC(=O)OC[C@H]1O[C@@H](O[C@@H]2OC=C(C(=O)OC)[C@H]3C[C@H](OC(C)=O)[C@H](C)[C@@H]23)[C@H](OC(C)=O)[C@@H](OC(C)=O)[C@@H]1OC(C)=O. The van der Waals surface area contributed by atoms with Crippen LogP contribution >= 0.6 is 0 Å². The van der Waals surface area contributed by atoms with Crippen LogP contribution in [0.25, 0.3) is 0 Å². The molecule has 1 aliphatic carbocycles. The molecule has 2 fully saturated rings. The highest BCUT2D eigenvalue weighted by atomic mass is 16.8. The van der Waals surface area contributed by atoms with Gasteiger partial charge in [-0.05, 0) is 6.42 Å². The van der Waals surface area contributed by atoms with Gasteiger partial charge in [0.25, 0.3) is 0 Å². The van der Waals surface area contributed by atoms with Crippen LogP contribution in [0.2, 0.25) is 0 Å². The summed E-state index contributed by atoms with van der Waals surface area (Å²) in [4.78, 5) is 72.5. The number of methoxy groups -OCH3 is 1. The quantitative estimate of drug-likeness (QED) is 0.192. The first-order valence-electron chi connectivity index (χ1n) is 13.5. The van der Waals surface area contributed by atoms with Crippen LogP contribution in [0.15, 0.2) is 24.5 Å². The van der Waals surface area contributed by atoms with Crippen molar-refractivity contribution in [1.82, 2.24) is 0 Å². The van der Waals surface area contributed by atoms with Crippen molar-refractivity contribution >= 4 is 35.8 Å². The molecule has 0 spiro atoms. The van der Waals surface area contributed by atoms with Gasteiger partial charge in [-0.3, -0.25) is 19.2 Å². The Balaban J connectivity index is 2.02. The molecular formula is C28H36O15. The molecule has 2 heterocycles. The third-order valence-electron chi connectivity index (χ3n) is 7.25. The smallest absolute Gasteiger partial charge is 0.337 e. The minimum absolute atomic E-state index is 0.205. The van der Waals surface area contributed by atoms with Gasteiger partial charge in [0.1, 0.15) is 18.8 Å². The molecule has 0 N–H and O–H groups in total. The van der Waals surface area contributed by atoms with E-state index in [-0.39, 0.29) is 12.0 Å². The minimum Gasteiger partial charge on any atom is -0.472 e. The lowest BCUT2D eigenvalue weighted by Gasteiger charge is -2.46. The maximum atomic E-state index is 12.5. The third kappa shape index (κ3) is 8.10. The molecule has 3 rings (SSSR count). The molecule has 15 heteroatoms. The Bertz CT molecular complexity index is 1140. The summed E-state index contributed by atoms with van der Waals surface area (Å²) < 4.78 is 49.9. The first-order valence-corrected chi connectivity index (χ1v) is 13.5. The lowest BCUT2D eigenvalue weighted by molar-refractivity contribution is -0.345. The number of carbonyl (C=O) groups is 6. The van der Waals surface area contributed by atoms with E-state index in [0.717, 1.165) is 26.8 Å². The predicted octanol–water partition coefficient (Wildman–Crippen LogP) is 0.869. The summed E-state index contributed by atoms with van der Waals surface area (Å²) in [5.41, 5.74) is 0.205. The highest BCUT2D eigenvalue weighted by molar-refractivity contribution is 5.89. The number of esters is 6. The van der Waals surface area contributed by atoms with Gasteiger partial charge < -0.3 is 42.6 Å². The fourth-order valence-electron chi connectivity index (χ4n) is 5.59. The topological polar surface area (TPSA) is 185 Å². The van der Waals surface area contributed by atoms with Crippen molar-refractivity contribution in [3.8, 4) is 0 Å². The maximum Gasteiger partial charge on any atom is 0.337 e. The third-order valence-corrected chi connectivity index (χ3v) is 7.25. The highest BCUT2D eigenvalue weighted by Crippen LogP contribution is 2.49. The van der Waals surface area contributed by atoms with Crippen LogP contribution in [0.4, 0.5) is 0 Å². The second kappa shape index (κ2) is 14.5. The van der Waals surface area contributed by atoms with Crippen LogP contribution in [-0.4, -0.2) is 92.6 Å². The van der Waals surface area contributed by atoms with Gasteiger partial charge in [-0.1, -0.05) is 13.5 Å². The number of hydrogen-bond donors (Lipinski definition) is 0. The van der Waals surface area contributed by atoms with Crippen molar-refractivity contribution < 1.29 is 71.4 Å². The Morgan fingerprint density at radius 1 is 0.884 bits per heavy atom. The second-order valence-corrected chi connectivity index (χ2v) is 10.2. The van der Waals surface area contributed by atoms with Gasteiger partial charge in [-0.25, -0.2) is 9.59 Å². The summed E-state index contributed by atoms with van der Waals surface area (Å²) in [6.45, 7) is 9.19. The molecule has 0 aromatic heterocycles. The summed E-state index contributed by atoms with van der Waals surface area (Å²) in [6, 6.07) is 0. The molecule has 0 aromatic carbocycles. The van der Waals surface area contributed by atoms with E-state index in [4.69, 9.17) is 42.6 Å². The first kappa shape index (κ1) is 33.5. The standard InChI is InChI=1S/C28H36O15/c1-8-21(33)36-11-20-23(39-14(4)30)24(40-15(5)31)25(41-16(6)32)28(42-20)43-27-22-12(2)19(38-13(3)29)9-17(22)18(10-37-27)26(34)35-7/h8,10,12,17,19-20,22-25,27-28H,1,9,11H2,2-7H3/t12-,17+,19-,20+,22+,23+,24-,25+,27-,28-/m0/s1. The van der Waals surface area contributed by atoms with Gasteiger partial charge in [0.05, 0.1) is 18.9 Å². The zero-order valence-electron chi connectivity index (χ0n) is 24.7. The van der Waals surface area contributed by atoms with Crippen LogP contribution in [0, 0.1) is 17.8 Å². The van der Waals surface area contributed by atoms with Gasteiger partial charge in [0, 0.05) is 51.5 Å². The average Bonchev–Trinajstić information content (AvgIpc) is 3.24. The van der Waals surface area contributed by atoms with Crippen molar-refractivity contribution in [3.05, 3.63) is 24.5 Å². The molecule has 43 heavy (non-hydrogen) atoms. The van der Waals surface area contributed by atoms with E-state index in [0.29, 0.717) is 0 Å². The zero-order valence-corrected chi connectivity index (χ0v) is 24.7. The lowest BCUT2D eigenvalue weighted by atomic mass is 9.83. The lowest BCUT2D eigenvalue weighted by Crippen LogP contribution is -2.63. The summed E-state index contributed by atoms with van der Waals surface area (Å²) in [5, 5.41) is 0. The zero-order chi connectivity index (χ0) is 32.0. The van der Waals surface area contributed by atoms with E-state index < -0.39 is 103 Å². The maximum absolute atomic E-state index is 12.5. The largest absolute Gasteiger partial charge is 0.472 e. The molecule has 0 radical (unpaired) electrons. The average molecular weight is 613 g/mol. The van der Waals surface area contributed by atoms with Crippen LogP contribution < -0.4 is 0 Å². The first-order chi connectivity index (χ1) is 20.3. The molecule has 15 nitrogen and oxygen atoms in total. The van der Waals surface area contributed by atoms with Crippen molar-refractivity contribution in [1.29, 1.82) is 0 Å². The van der Waals surface area contributed by atoms with Crippen LogP contribution in [0.5, 0.6) is 0 Å². The summed E-state index contributed by atoms with van der Waals surface area (Å²) in [6.07, 6.45) is -6.58. The van der Waals surface area contributed by atoms with Crippen molar-refractivity contribution in [2.45, 2.75) is 84.1 Å². The summed E-state index contributed by atoms with van der Waals surface area (Å²) in [7, 11) is 1.22. The van der Waals surface area contributed by atoms with Crippen molar-refractivity contribution in [2.24, 2.45) is 17.8 Å². The Labute approximate surface area is 247 Å². The minimum atomic E-state index is -1.54. The van der Waals surface area contributed by atoms with E-state index in [1.807, 2.05) is 0 Å². The number of ether oxygens (including phenoxy) is 9. The normalized spacial score (nSPS) is 32.9. The molecule has 238 valence electrons. The molecule has 1 saturated heterocycles. The fraction of sp³-hybridized carbons (Fsp3) is 0.643. The van der Waals surface area contributed by atoms with Gasteiger partial charge in [0.2, 0.25) is 12.6 Å². The Morgan fingerprint density at radius 2 is 1.47 bits per heavy atom. The molecule has 0 aromatic rings. The van der Waals surface area contributed by atoms with Crippen LogP contribution in [0.1, 0.15) is 41.0 Å². The van der Waals surface area contributed by atoms with E-state index in [2.05, 4.69) is 6.58 Å². The number of rotatable bonds is 10. The number of hydrogen-bond acceptors (Lipinski definition) is 15. The summed E-state index contributed by atoms with van der Waals surface area (Å²) in [5.74, 6) is -5.90. The van der Waals surface area contributed by atoms with E-state index >= 15 is 0 Å². The second-order valence-electron chi connectivity index (χ2n) is 10.2. The highest BCUT2D eigenvalue weighted by Gasteiger charge is 2.57. The van der Waals surface area contributed by atoms with Crippen LogP contribution in [0.3, 0.4) is 0 Å². The molecule has 1 saturated carbocycles. The van der Waals surface area contributed by atoms with E-state index in [1.54, 1.807) is 6.92 Å². The van der Waals surface area contributed by atoms with Crippen molar-refractivity contribution in [3.63, 3.8) is 0 Å². The van der Waals surface area contributed by atoms with Crippen molar-refractivity contribution in [2.75, 3.05) is 13.7 Å². The molecule has 0 amide bonds.